The Morgan fingerprint density at radius 1 is 1.29 bits per heavy atom. The van der Waals surface area contributed by atoms with Crippen LogP contribution in [0.2, 0.25) is 0 Å². The summed E-state index contributed by atoms with van der Waals surface area (Å²) in [5, 5.41) is 6.94. The predicted octanol–water partition coefficient (Wildman–Crippen LogP) is 4.34. The first kappa shape index (κ1) is 16.0. The van der Waals surface area contributed by atoms with Gasteiger partial charge in [-0.2, -0.15) is 11.8 Å². The minimum absolute atomic E-state index is 0.425. The molecule has 1 aromatic carbocycles. The van der Waals surface area contributed by atoms with E-state index in [0.717, 1.165) is 17.8 Å². The average molecular weight is 308 g/mol. The highest BCUT2D eigenvalue weighted by molar-refractivity contribution is 8.00. The third-order valence-corrected chi connectivity index (χ3v) is 4.61. The third-order valence-electron chi connectivity index (χ3n) is 3.28. The molecule has 1 amide bonds. The second-order valence-corrected chi connectivity index (χ2v) is 7.77. The molecule has 5 heteroatoms. The van der Waals surface area contributed by atoms with Gasteiger partial charge in [-0.25, -0.2) is 4.79 Å². The highest BCUT2D eigenvalue weighted by Crippen LogP contribution is 2.31. The predicted molar refractivity (Wildman–Crippen MR) is 90.2 cm³/mol. The maximum atomic E-state index is 11.9. The van der Waals surface area contributed by atoms with Crippen molar-refractivity contribution >= 4 is 29.2 Å². The average Bonchev–Trinajstić information content (AvgIpc) is 2.75. The van der Waals surface area contributed by atoms with Crippen molar-refractivity contribution in [2.24, 2.45) is 0 Å². The summed E-state index contributed by atoms with van der Waals surface area (Å²) < 4.78 is 5.31. The first-order valence-electron chi connectivity index (χ1n) is 7.32. The minimum atomic E-state index is -0.497. The zero-order chi connectivity index (χ0) is 15.5. The lowest BCUT2D eigenvalue weighted by molar-refractivity contribution is 0.0636. The molecule has 2 N–H and O–H groups in total. The Bertz CT molecular complexity index is 499. The number of carbonyl (C=O) groups is 1. The van der Waals surface area contributed by atoms with Crippen LogP contribution in [0.1, 0.15) is 34.1 Å². The van der Waals surface area contributed by atoms with E-state index in [0.29, 0.717) is 11.3 Å². The number of ether oxygens (including phenoxy) is 1. The van der Waals surface area contributed by atoms with Crippen LogP contribution in [0.3, 0.4) is 0 Å². The van der Waals surface area contributed by atoms with E-state index in [1.807, 2.05) is 56.8 Å². The quantitative estimate of drug-likeness (QED) is 0.872. The molecular weight excluding hydrogens is 284 g/mol. The van der Waals surface area contributed by atoms with Crippen molar-refractivity contribution < 1.29 is 9.53 Å². The van der Waals surface area contributed by atoms with Gasteiger partial charge in [-0.3, -0.25) is 5.32 Å². The van der Waals surface area contributed by atoms with Gasteiger partial charge in [0, 0.05) is 11.3 Å². The van der Waals surface area contributed by atoms with E-state index in [9.17, 15) is 4.79 Å². The van der Waals surface area contributed by atoms with E-state index in [4.69, 9.17) is 4.74 Å². The number of amides is 1. The number of hydrogen-bond acceptors (Lipinski definition) is 4. The smallest absolute Gasteiger partial charge is 0.412 e. The third kappa shape index (κ3) is 4.84. The molecule has 2 atom stereocenters. The van der Waals surface area contributed by atoms with Crippen LogP contribution < -0.4 is 10.6 Å². The van der Waals surface area contributed by atoms with Crippen molar-refractivity contribution in [3.05, 3.63) is 24.3 Å². The fourth-order valence-corrected chi connectivity index (χ4v) is 3.45. The molecule has 0 spiro atoms. The van der Waals surface area contributed by atoms with Gasteiger partial charge in [0.25, 0.3) is 0 Å². The molecule has 4 nitrogen and oxygen atoms in total. The Hall–Kier alpha value is -1.36. The van der Waals surface area contributed by atoms with Crippen LogP contribution in [0.5, 0.6) is 0 Å². The summed E-state index contributed by atoms with van der Waals surface area (Å²) >= 11 is 1.98. The molecule has 0 aliphatic carbocycles. The Morgan fingerprint density at radius 3 is 2.52 bits per heavy atom. The number of thioether (sulfide) groups is 1. The zero-order valence-corrected chi connectivity index (χ0v) is 13.9. The van der Waals surface area contributed by atoms with Crippen LogP contribution in [-0.2, 0) is 4.74 Å². The minimum Gasteiger partial charge on any atom is -0.444 e. The molecular formula is C16H24N2O2S. The lowest BCUT2D eigenvalue weighted by Gasteiger charge is -2.22. The Kier molecular flexibility index (Phi) is 5.04. The number of benzene rings is 1. The first-order chi connectivity index (χ1) is 9.85. The number of rotatable bonds is 3. The van der Waals surface area contributed by atoms with Crippen LogP contribution in [-0.4, -0.2) is 28.7 Å². The zero-order valence-electron chi connectivity index (χ0n) is 13.1. The summed E-state index contributed by atoms with van der Waals surface area (Å²) in [6.45, 7) is 7.80. The van der Waals surface area contributed by atoms with E-state index in [1.54, 1.807) is 0 Å². The lowest BCUT2D eigenvalue weighted by atomic mass is 10.1. The standard InChI is InChI=1S/C16H24N2O2S/c1-11-12(9-10-21-11)17-13-7-5-6-8-14(13)18-15(19)20-16(2,3)4/h5-8,11-12,17H,9-10H2,1-4H3,(H,18,19). The highest BCUT2D eigenvalue weighted by atomic mass is 32.2. The summed E-state index contributed by atoms with van der Waals surface area (Å²) in [6.07, 6.45) is 0.720. The molecule has 0 radical (unpaired) electrons. The molecule has 1 aliphatic rings. The van der Waals surface area contributed by atoms with Crippen molar-refractivity contribution in [2.75, 3.05) is 16.4 Å². The number of para-hydroxylation sites is 2. The van der Waals surface area contributed by atoms with Gasteiger partial charge in [0.05, 0.1) is 11.4 Å². The Morgan fingerprint density at radius 2 is 1.95 bits per heavy atom. The van der Waals surface area contributed by atoms with Crippen LogP contribution in [0, 0.1) is 0 Å². The van der Waals surface area contributed by atoms with Gasteiger partial charge < -0.3 is 10.1 Å². The molecule has 0 saturated carbocycles. The maximum absolute atomic E-state index is 11.9. The lowest BCUT2D eigenvalue weighted by Crippen LogP contribution is -2.28. The van der Waals surface area contributed by atoms with Crippen molar-refractivity contribution in [3.8, 4) is 0 Å². The number of hydrogen-bond donors (Lipinski definition) is 2. The number of carbonyl (C=O) groups excluding carboxylic acids is 1. The molecule has 1 aliphatic heterocycles. The van der Waals surface area contributed by atoms with Crippen LogP contribution in [0.4, 0.5) is 16.2 Å². The second kappa shape index (κ2) is 6.60. The largest absolute Gasteiger partial charge is 0.444 e. The molecule has 1 saturated heterocycles. The van der Waals surface area contributed by atoms with Gasteiger partial charge in [-0.15, -0.1) is 0 Å². The topological polar surface area (TPSA) is 50.4 Å². The van der Waals surface area contributed by atoms with Crippen molar-refractivity contribution in [2.45, 2.75) is 51.0 Å². The van der Waals surface area contributed by atoms with Crippen LogP contribution in [0.15, 0.2) is 24.3 Å². The summed E-state index contributed by atoms with van der Waals surface area (Å²) in [5.74, 6) is 1.18. The summed E-state index contributed by atoms with van der Waals surface area (Å²) in [6, 6.07) is 8.19. The molecule has 2 rings (SSSR count). The van der Waals surface area contributed by atoms with Gasteiger partial charge in [0.1, 0.15) is 5.60 Å². The monoisotopic (exact) mass is 308 g/mol. The molecule has 1 heterocycles. The van der Waals surface area contributed by atoms with Gasteiger partial charge in [0.2, 0.25) is 0 Å². The highest BCUT2D eigenvalue weighted by Gasteiger charge is 2.24. The maximum Gasteiger partial charge on any atom is 0.412 e. The molecule has 116 valence electrons. The molecule has 0 aromatic heterocycles. The van der Waals surface area contributed by atoms with Gasteiger partial charge in [-0.1, -0.05) is 19.1 Å². The van der Waals surface area contributed by atoms with E-state index < -0.39 is 11.7 Å². The number of nitrogens with one attached hydrogen (secondary N) is 2. The van der Waals surface area contributed by atoms with E-state index in [1.165, 1.54) is 5.75 Å². The Balaban J connectivity index is 2.04. The van der Waals surface area contributed by atoms with Gasteiger partial charge in [-0.05, 0) is 45.1 Å². The van der Waals surface area contributed by atoms with E-state index in [2.05, 4.69) is 17.6 Å². The van der Waals surface area contributed by atoms with Crippen LogP contribution >= 0.6 is 11.8 Å². The fraction of sp³-hybridized carbons (Fsp3) is 0.562. The summed E-state index contributed by atoms with van der Waals surface area (Å²) in [7, 11) is 0. The first-order valence-corrected chi connectivity index (χ1v) is 8.37. The molecule has 2 unspecified atom stereocenters. The second-order valence-electron chi connectivity index (χ2n) is 6.29. The van der Waals surface area contributed by atoms with Crippen molar-refractivity contribution in [1.29, 1.82) is 0 Å². The van der Waals surface area contributed by atoms with Gasteiger partial charge >= 0.3 is 6.09 Å². The van der Waals surface area contributed by atoms with Crippen molar-refractivity contribution in [3.63, 3.8) is 0 Å². The van der Waals surface area contributed by atoms with Crippen LogP contribution in [0.25, 0.3) is 0 Å². The van der Waals surface area contributed by atoms with Crippen molar-refractivity contribution in [1.82, 2.24) is 0 Å². The van der Waals surface area contributed by atoms with Gasteiger partial charge in [0.15, 0.2) is 0 Å². The normalized spacial score (nSPS) is 21.9. The van der Waals surface area contributed by atoms with E-state index >= 15 is 0 Å². The molecule has 1 aromatic rings. The Labute approximate surface area is 131 Å². The molecule has 0 bridgehead atoms. The number of anilines is 2. The fourth-order valence-electron chi connectivity index (χ4n) is 2.25. The summed E-state index contributed by atoms with van der Waals surface area (Å²) in [5.41, 5.74) is 1.21. The van der Waals surface area contributed by atoms with E-state index in [-0.39, 0.29) is 0 Å². The SMILES string of the molecule is CC1SCCC1Nc1ccccc1NC(=O)OC(C)(C)C. The molecule has 1 fully saturated rings. The summed E-state index contributed by atoms with van der Waals surface area (Å²) in [4.78, 5) is 11.9. The molecule has 21 heavy (non-hydrogen) atoms.